The summed E-state index contributed by atoms with van der Waals surface area (Å²) in [5, 5.41) is 30.4. The molecule has 2 aromatic rings. The van der Waals surface area contributed by atoms with E-state index in [1.807, 2.05) is 12.1 Å². The van der Waals surface area contributed by atoms with Gasteiger partial charge in [-0.15, -0.1) is 0 Å². The molecule has 0 aromatic heterocycles. The SMILES string of the molecule is COc1cc2c(c(OC)c1OC)CCC(CO)C=C2c1cc(O)c(OC)c(O)c1. The van der Waals surface area contributed by atoms with E-state index in [-0.39, 0.29) is 29.8 Å². The number of phenolic OH excluding ortho intramolecular Hbond substituents is 2. The number of methoxy groups -OCH3 is 4. The summed E-state index contributed by atoms with van der Waals surface area (Å²) in [6.07, 6.45) is 3.29. The fourth-order valence-electron chi connectivity index (χ4n) is 3.80. The lowest BCUT2D eigenvalue weighted by atomic mass is 9.91. The van der Waals surface area contributed by atoms with Crippen molar-refractivity contribution in [2.45, 2.75) is 12.8 Å². The number of benzene rings is 2. The molecule has 1 atom stereocenters. The quantitative estimate of drug-likeness (QED) is 0.683. The summed E-state index contributed by atoms with van der Waals surface area (Å²) in [5.41, 5.74) is 3.04. The van der Waals surface area contributed by atoms with Gasteiger partial charge in [-0.25, -0.2) is 0 Å². The third kappa shape index (κ3) is 3.65. The molecule has 0 radical (unpaired) electrons. The monoisotopic (exact) mass is 402 g/mol. The lowest BCUT2D eigenvalue weighted by Gasteiger charge is -2.20. The molecular weight excluding hydrogens is 376 g/mol. The minimum absolute atomic E-state index is 0.00629. The number of ether oxygens (including phenoxy) is 4. The zero-order valence-electron chi connectivity index (χ0n) is 17.0. The van der Waals surface area contributed by atoms with E-state index in [1.165, 1.54) is 19.2 Å². The Hall–Kier alpha value is -3.06. The van der Waals surface area contributed by atoms with Crippen molar-refractivity contribution in [1.29, 1.82) is 0 Å². The molecule has 0 saturated heterocycles. The van der Waals surface area contributed by atoms with Crippen LogP contribution in [0.1, 0.15) is 23.1 Å². The molecule has 3 N–H and O–H groups in total. The van der Waals surface area contributed by atoms with Crippen molar-refractivity contribution in [3.05, 3.63) is 41.0 Å². The highest BCUT2D eigenvalue weighted by Gasteiger charge is 2.27. The van der Waals surface area contributed by atoms with Crippen LogP contribution in [0.5, 0.6) is 34.5 Å². The van der Waals surface area contributed by atoms with Crippen LogP contribution in [0.3, 0.4) is 0 Å². The summed E-state index contributed by atoms with van der Waals surface area (Å²) in [5.74, 6) is 1.10. The van der Waals surface area contributed by atoms with Gasteiger partial charge in [0.15, 0.2) is 23.0 Å². The Morgan fingerprint density at radius 3 is 2.00 bits per heavy atom. The molecule has 1 aliphatic carbocycles. The lowest BCUT2D eigenvalue weighted by molar-refractivity contribution is 0.246. The van der Waals surface area contributed by atoms with Crippen LogP contribution >= 0.6 is 0 Å². The lowest BCUT2D eigenvalue weighted by Crippen LogP contribution is -2.04. The third-order valence-corrected chi connectivity index (χ3v) is 5.19. The number of hydrogen-bond acceptors (Lipinski definition) is 7. The Morgan fingerprint density at radius 2 is 1.48 bits per heavy atom. The highest BCUT2D eigenvalue weighted by molar-refractivity contribution is 5.86. The topological polar surface area (TPSA) is 97.6 Å². The van der Waals surface area contributed by atoms with Crippen LogP contribution in [0.4, 0.5) is 0 Å². The first kappa shape index (κ1) is 20.7. The number of aliphatic hydroxyl groups excluding tert-OH is 1. The van der Waals surface area contributed by atoms with Crippen molar-refractivity contribution in [1.82, 2.24) is 0 Å². The van der Waals surface area contributed by atoms with Gasteiger partial charge in [-0.1, -0.05) is 6.08 Å². The number of rotatable bonds is 6. The van der Waals surface area contributed by atoms with Crippen LogP contribution in [0.2, 0.25) is 0 Å². The van der Waals surface area contributed by atoms with Gasteiger partial charge < -0.3 is 34.3 Å². The Balaban J connectivity index is 2.31. The number of aromatic hydroxyl groups is 2. The van der Waals surface area contributed by atoms with Crippen molar-refractivity contribution in [3.8, 4) is 34.5 Å². The largest absolute Gasteiger partial charge is 0.504 e. The van der Waals surface area contributed by atoms with Gasteiger partial charge >= 0.3 is 0 Å². The van der Waals surface area contributed by atoms with E-state index in [9.17, 15) is 15.3 Å². The molecular formula is C22H26O7. The van der Waals surface area contributed by atoms with E-state index in [4.69, 9.17) is 18.9 Å². The van der Waals surface area contributed by atoms with Gasteiger partial charge in [0, 0.05) is 18.1 Å². The van der Waals surface area contributed by atoms with E-state index in [1.54, 1.807) is 21.3 Å². The molecule has 0 amide bonds. The molecule has 2 aromatic carbocycles. The van der Waals surface area contributed by atoms with Gasteiger partial charge in [-0.05, 0) is 47.7 Å². The molecule has 0 aliphatic heterocycles. The molecule has 0 bridgehead atoms. The second-order valence-electron chi connectivity index (χ2n) is 6.78. The normalized spacial score (nSPS) is 15.8. The first-order chi connectivity index (χ1) is 14.0. The predicted molar refractivity (Wildman–Crippen MR) is 108 cm³/mol. The maximum Gasteiger partial charge on any atom is 0.203 e. The number of hydrogen-bond donors (Lipinski definition) is 3. The van der Waals surface area contributed by atoms with Gasteiger partial charge in [0.25, 0.3) is 0 Å². The van der Waals surface area contributed by atoms with Crippen molar-refractivity contribution in [3.63, 3.8) is 0 Å². The van der Waals surface area contributed by atoms with E-state index in [0.29, 0.717) is 35.7 Å². The van der Waals surface area contributed by atoms with E-state index < -0.39 is 0 Å². The van der Waals surface area contributed by atoms with Gasteiger partial charge in [0.2, 0.25) is 11.5 Å². The first-order valence-electron chi connectivity index (χ1n) is 9.24. The maximum absolute atomic E-state index is 10.3. The smallest absolute Gasteiger partial charge is 0.203 e. The standard InChI is InChI=1S/C22H26O7/c1-26-19-10-16-14(20(27-2)22(19)29-4)6-5-12(11-23)7-15(16)13-8-17(24)21(28-3)18(25)9-13/h7-10,12,23-25H,5-6,11H2,1-4H3. The summed E-state index contributed by atoms with van der Waals surface area (Å²) in [4.78, 5) is 0. The highest BCUT2D eigenvalue weighted by atomic mass is 16.5. The van der Waals surface area contributed by atoms with Crippen molar-refractivity contribution < 1.29 is 34.3 Å². The second kappa shape index (κ2) is 8.53. The first-order valence-corrected chi connectivity index (χ1v) is 9.24. The van der Waals surface area contributed by atoms with Crippen molar-refractivity contribution >= 4 is 5.57 Å². The summed E-state index contributed by atoms with van der Waals surface area (Å²) in [7, 11) is 6.04. The van der Waals surface area contributed by atoms with Gasteiger partial charge in [-0.2, -0.15) is 0 Å². The molecule has 0 fully saturated rings. The molecule has 7 heteroatoms. The molecule has 0 saturated carbocycles. The highest BCUT2D eigenvalue weighted by Crippen LogP contribution is 2.48. The predicted octanol–water partition coefficient (Wildman–Crippen LogP) is 3.12. The zero-order valence-corrected chi connectivity index (χ0v) is 17.0. The number of phenols is 2. The fraction of sp³-hybridized carbons (Fsp3) is 0.364. The van der Waals surface area contributed by atoms with Crippen molar-refractivity contribution in [2.24, 2.45) is 5.92 Å². The number of fused-ring (bicyclic) bond motifs is 1. The molecule has 3 rings (SSSR count). The van der Waals surface area contributed by atoms with Crippen LogP contribution in [0, 0.1) is 5.92 Å². The summed E-state index contributed by atoms with van der Waals surface area (Å²) >= 11 is 0. The average Bonchev–Trinajstić information content (AvgIpc) is 2.91. The Kier molecular flexibility index (Phi) is 6.08. The molecule has 1 unspecified atom stereocenters. The second-order valence-corrected chi connectivity index (χ2v) is 6.78. The van der Waals surface area contributed by atoms with Crippen LogP contribution in [-0.4, -0.2) is 50.4 Å². The van der Waals surface area contributed by atoms with E-state index >= 15 is 0 Å². The average molecular weight is 402 g/mol. The van der Waals surface area contributed by atoms with Gasteiger partial charge in [-0.3, -0.25) is 0 Å². The Morgan fingerprint density at radius 1 is 0.862 bits per heavy atom. The molecule has 0 heterocycles. The Bertz CT molecular complexity index is 910. The number of aliphatic hydroxyl groups is 1. The summed E-state index contributed by atoms with van der Waals surface area (Å²) in [6, 6.07) is 4.90. The maximum atomic E-state index is 10.3. The Labute approximate surface area is 169 Å². The molecule has 156 valence electrons. The molecule has 1 aliphatic rings. The molecule has 29 heavy (non-hydrogen) atoms. The van der Waals surface area contributed by atoms with Crippen LogP contribution in [-0.2, 0) is 6.42 Å². The van der Waals surface area contributed by atoms with E-state index in [2.05, 4.69) is 0 Å². The third-order valence-electron chi connectivity index (χ3n) is 5.19. The van der Waals surface area contributed by atoms with Crippen LogP contribution in [0.25, 0.3) is 5.57 Å². The van der Waals surface area contributed by atoms with Gasteiger partial charge in [0.1, 0.15) is 0 Å². The minimum Gasteiger partial charge on any atom is -0.504 e. The zero-order chi connectivity index (χ0) is 21.1. The van der Waals surface area contributed by atoms with Crippen LogP contribution < -0.4 is 18.9 Å². The van der Waals surface area contributed by atoms with Crippen LogP contribution in [0.15, 0.2) is 24.3 Å². The van der Waals surface area contributed by atoms with Crippen molar-refractivity contribution in [2.75, 3.05) is 35.0 Å². The minimum atomic E-state index is -0.179. The molecule has 7 nitrogen and oxygen atoms in total. The van der Waals surface area contributed by atoms with Gasteiger partial charge in [0.05, 0.1) is 28.4 Å². The summed E-state index contributed by atoms with van der Waals surface area (Å²) in [6.45, 7) is -0.0256. The van der Waals surface area contributed by atoms with E-state index in [0.717, 1.165) is 16.7 Å². The fourth-order valence-corrected chi connectivity index (χ4v) is 3.80. The molecule has 0 spiro atoms. The summed E-state index contributed by atoms with van der Waals surface area (Å²) < 4.78 is 21.7.